The minimum absolute atomic E-state index is 0.120. The predicted molar refractivity (Wildman–Crippen MR) is 109 cm³/mol. The monoisotopic (exact) mass is 398 g/mol. The Hall–Kier alpha value is -2.50. The van der Waals surface area contributed by atoms with E-state index in [2.05, 4.69) is 4.98 Å². The first-order valence-electron chi connectivity index (χ1n) is 8.43. The zero-order valence-corrected chi connectivity index (χ0v) is 16.4. The molecular formula is C21H16ClFN2OS. The fourth-order valence-corrected chi connectivity index (χ4v) is 4.26. The Bertz CT molecular complexity index is 1230. The van der Waals surface area contributed by atoms with Gasteiger partial charge in [-0.25, -0.2) is 9.37 Å². The van der Waals surface area contributed by atoms with Gasteiger partial charge in [-0.15, -0.1) is 11.3 Å². The SMILES string of the molecule is Cc1cc(-c2csc3nc(C)n(Cc4cccc(F)c4)c(=O)c23)ccc1Cl. The van der Waals surface area contributed by atoms with E-state index in [1.807, 2.05) is 30.5 Å². The number of hydrogen-bond acceptors (Lipinski definition) is 3. The standard InChI is InChI=1S/C21H16ClFN2OS/c1-12-8-15(6-7-18(12)22)17-11-27-20-19(17)21(26)25(13(2)24-20)10-14-4-3-5-16(23)9-14/h3-9,11H,10H2,1-2H3. The maximum Gasteiger partial charge on any atom is 0.263 e. The van der Waals surface area contributed by atoms with Crippen LogP contribution in [-0.4, -0.2) is 9.55 Å². The van der Waals surface area contributed by atoms with Gasteiger partial charge < -0.3 is 0 Å². The van der Waals surface area contributed by atoms with Crippen molar-refractivity contribution in [1.82, 2.24) is 9.55 Å². The zero-order chi connectivity index (χ0) is 19.1. The Morgan fingerprint density at radius 3 is 2.74 bits per heavy atom. The molecule has 0 fully saturated rings. The Morgan fingerprint density at radius 1 is 1.19 bits per heavy atom. The van der Waals surface area contributed by atoms with Crippen molar-refractivity contribution >= 4 is 33.2 Å². The van der Waals surface area contributed by atoms with Gasteiger partial charge in [0, 0.05) is 16.0 Å². The Labute approximate surface area is 164 Å². The van der Waals surface area contributed by atoms with E-state index in [0.29, 0.717) is 21.1 Å². The van der Waals surface area contributed by atoms with Crippen molar-refractivity contribution in [1.29, 1.82) is 0 Å². The van der Waals surface area contributed by atoms with Gasteiger partial charge >= 0.3 is 0 Å². The molecule has 4 rings (SSSR count). The van der Waals surface area contributed by atoms with Gasteiger partial charge in [-0.05, 0) is 54.8 Å². The topological polar surface area (TPSA) is 34.9 Å². The highest BCUT2D eigenvalue weighted by atomic mass is 35.5. The van der Waals surface area contributed by atoms with Crippen LogP contribution in [0.25, 0.3) is 21.3 Å². The number of thiophene rings is 1. The maximum atomic E-state index is 13.5. The summed E-state index contributed by atoms with van der Waals surface area (Å²) in [5.74, 6) is 0.289. The second-order valence-electron chi connectivity index (χ2n) is 6.47. The zero-order valence-electron chi connectivity index (χ0n) is 14.8. The van der Waals surface area contributed by atoms with Crippen LogP contribution in [0.3, 0.4) is 0 Å². The fourth-order valence-electron chi connectivity index (χ4n) is 3.15. The highest BCUT2D eigenvalue weighted by molar-refractivity contribution is 7.17. The Balaban J connectivity index is 1.89. The van der Waals surface area contributed by atoms with E-state index >= 15 is 0 Å². The van der Waals surface area contributed by atoms with Gasteiger partial charge in [-0.1, -0.05) is 29.8 Å². The molecule has 0 aliphatic heterocycles. The van der Waals surface area contributed by atoms with Crippen LogP contribution in [-0.2, 0) is 6.54 Å². The second-order valence-corrected chi connectivity index (χ2v) is 7.74. The molecule has 0 saturated heterocycles. The van der Waals surface area contributed by atoms with E-state index in [1.165, 1.54) is 23.5 Å². The average molecular weight is 399 g/mol. The predicted octanol–water partition coefficient (Wildman–Crippen LogP) is 5.58. The van der Waals surface area contributed by atoms with Crippen LogP contribution >= 0.6 is 22.9 Å². The van der Waals surface area contributed by atoms with Gasteiger partial charge in [0.05, 0.1) is 11.9 Å². The maximum absolute atomic E-state index is 13.5. The quantitative estimate of drug-likeness (QED) is 0.451. The van der Waals surface area contributed by atoms with Crippen LogP contribution in [0.1, 0.15) is 17.0 Å². The van der Waals surface area contributed by atoms with Crippen molar-refractivity contribution in [3.8, 4) is 11.1 Å². The lowest BCUT2D eigenvalue weighted by atomic mass is 10.0. The summed E-state index contributed by atoms with van der Waals surface area (Å²) < 4.78 is 15.1. The molecule has 2 aromatic carbocycles. The van der Waals surface area contributed by atoms with E-state index in [9.17, 15) is 9.18 Å². The van der Waals surface area contributed by atoms with Crippen LogP contribution < -0.4 is 5.56 Å². The minimum atomic E-state index is -0.319. The molecule has 0 unspecified atom stereocenters. The molecule has 0 spiro atoms. The summed E-state index contributed by atoms with van der Waals surface area (Å²) in [6, 6.07) is 12.0. The molecule has 0 aliphatic rings. The normalized spacial score (nSPS) is 11.3. The molecule has 0 saturated carbocycles. The van der Waals surface area contributed by atoms with Crippen molar-refractivity contribution in [3.63, 3.8) is 0 Å². The van der Waals surface area contributed by atoms with E-state index in [1.54, 1.807) is 23.6 Å². The highest BCUT2D eigenvalue weighted by Gasteiger charge is 2.16. The van der Waals surface area contributed by atoms with E-state index in [-0.39, 0.29) is 17.9 Å². The van der Waals surface area contributed by atoms with E-state index in [0.717, 1.165) is 22.3 Å². The molecule has 3 nitrogen and oxygen atoms in total. The number of aromatic nitrogens is 2. The van der Waals surface area contributed by atoms with E-state index in [4.69, 9.17) is 11.6 Å². The van der Waals surface area contributed by atoms with Crippen molar-refractivity contribution in [3.05, 3.63) is 86.0 Å². The molecule has 0 radical (unpaired) electrons. The number of rotatable bonds is 3. The average Bonchev–Trinajstić information content (AvgIpc) is 3.05. The van der Waals surface area contributed by atoms with Gasteiger partial charge in [0.1, 0.15) is 16.5 Å². The van der Waals surface area contributed by atoms with Gasteiger partial charge in [0.15, 0.2) is 0 Å². The Kier molecular flexibility index (Phi) is 4.58. The Morgan fingerprint density at radius 2 is 2.00 bits per heavy atom. The first-order chi connectivity index (χ1) is 12.9. The lowest BCUT2D eigenvalue weighted by molar-refractivity contribution is 0.621. The van der Waals surface area contributed by atoms with Gasteiger partial charge in [0.25, 0.3) is 5.56 Å². The van der Waals surface area contributed by atoms with Crippen molar-refractivity contribution in [2.45, 2.75) is 20.4 Å². The molecule has 136 valence electrons. The molecule has 0 N–H and O–H groups in total. The van der Waals surface area contributed by atoms with Crippen LogP contribution in [0.5, 0.6) is 0 Å². The molecule has 0 bridgehead atoms. The number of nitrogens with zero attached hydrogens (tertiary/aromatic N) is 2. The third-order valence-corrected chi connectivity index (χ3v) is 5.88. The number of aryl methyl sites for hydroxylation is 2. The summed E-state index contributed by atoms with van der Waals surface area (Å²) >= 11 is 7.58. The summed E-state index contributed by atoms with van der Waals surface area (Å²) in [5, 5.41) is 3.23. The van der Waals surface area contributed by atoms with Crippen molar-refractivity contribution in [2.75, 3.05) is 0 Å². The molecule has 6 heteroatoms. The largest absolute Gasteiger partial charge is 0.292 e. The molecule has 27 heavy (non-hydrogen) atoms. The molecular weight excluding hydrogens is 383 g/mol. The second kappa shape index (κ2) is 6.91. The van der Waals surface area contributed by atoms with Crippen LogP contribution in [0, 0.1) is 19.7 Å². The summed E-state index contributed by atoms with van der Waals surface area (Å²) in [7, 11) is 0. The summed E-state index contributed by atoms with van der Waals surface area (Å²) in [4.78, 5) is 18.6. The third-order valence-electron chi connectivity index (χ3n) is 4.58. The van der Waals surface area contributed by atoms with Gasteiger partial charge in [-0.3, -0.25) is 9.36 Å². The fraction of sp³-hybridized carbons (Fsp3) is 0.143. The lowest BCUT2D eigenvalue weighted by Crippen LogP contribution is -2.24. The first-order valence-corrected chi connectivity index (χ1v) is 9.69. The van der Waals surface area contributed by atoms with Crippen LogP contribution in [0.4, 0.5) is 4.39 Å². The van der Waals surface area contributed by atoms with Gasteiger partial charge in [-0.2, -0.15) is 0 Å². The third kappa shape index (κ3) is 3.29. The van der Waals surface area contributed by atoms with Gasteiger partial charge in [0.2, 0.25) is 0 Å². The molecule has 0 amide bonds. The summed E-state index contributed by atoms with van der Waals surface area (Å²) in [6.45, 7) is 4.01. The molecule has 2 heterocycles. The number of benzene rings is 2. The van der Waals surface area contributed by atoms with Crippen LogP contribution in [0.2, 0.25) is 5.02 Å². The lowest BCUT2D eigenvalue weighted by Gasteiger charge is -2.11. The number of hydrogen-bond donors (Lipinski definition) is 0. The smallest absolute Gasteiger partial charge is 0.263 e. The number of halogens is 2. The minimum Gasteiger partial charge on any atom is -0.292 e. The molecule has 0 aliphatic carbocycles. The van der Waals surface area contributed by atoms with Crippen molar-refractivity contribution in [2.24, 2.45) is 0 Å². The molecule has 0 atom stereocenters. The number of fused-ring (bicyclic) bond motifs is 1. The van der Waals surface area contributed by atoms with E-state index < -0.39 is 0 Å². The highest BCUT2D eigenvalue weighted by Crippen LogP contribution is 2.33. The first kappa shape index (κ1) is 17.9. The molecule has 2 aromatic heterocycles. The van der Waals surface area contributed by atoms with Crippen LogP contribution in [0.15, 0.2) is 52.6 Å². The summed E-state index contributed by atoms with van der Waals surface area (Å²) in [6.07, 6.45) is 0. The van der Waals surface area contributed by atoms with Crippen molar-refractivity contribution < 1.29 is 4.39 Å². The molecule has 4 aromatic rings. The summed E-state index contributed by atoms with van der Waals surface area (Å²) in [5.41, 5.74) is 3.34.